The number of nitrogens with zero attached hydrogens (tertiary/aromatic N) is 2. The van der Waals surface area contributed by atoms with Gasteiger partial charge in [-0.25, -0.2) is 0 Å². The van der Waals surface area contributed by atoms with Crippen molar-refractivity contribution in [3.05, 3.63) is 42.5 Å². The summed E-state index contributed by atoms with van der Waals surface area (Å²) in [6.45, 7) is 2.78. The van der Waals surface area contributed by atoms with E-state index in [1.165, 1.54) is 0 Å². The molecule has 2 aromatic rings. The molecule has 0 aromatic carbocycles. The zero-order valence-electron chi connectivity index (χ0n) is 11.7. The van der Waals surface area contributed by atoms with E-state index in [2.05, 4.69) is 16.9 Å². The molecule has 0 saturated carbocycles. The lowest BCUT2D eigenvalue weighted by atomic mass is 10.2. The molecule has 0 atom stereocenters. The number of aryl methyl sites for hydroxylation is 1. The minimum Gasteiger partial charge on any atom is -0.454 e. The third kappa shape index (κ3) is 4.21. The SMILES string of the molecule is CCc1ncccc1Oc1cncc(SCCOC)c1. The average molecular weight is 290 g/mol. The van der Waals surface area contributed by atoms with E-state index in [9.17, 15) is 0 Å². The van der Waals surface area contributed by atoms with E-state index < -0.39 is 0 Å². The standard InChI is InChI=1S/C15H18N2O2S/c1-3-14-15(5-4-6-17-14)19-12-9-13(11-16-10-12)20-8-7-18-2/h4-6,9-11H,3,7-8H2,1-2H3. The summed E-state index contributed by atoms with van der Waals surface area (Å²) in [4.78, 5) is 9.59. The smallest absolute Gasteiger partial charge is 0.148 e. The van der Waals surface area contributed by atoms with Gasteiger partial charge < -0.3 is 9.47 Å². The Morgan fingerprint density at radius 2 is 2.20 bits per heavy atom. The highest BCUT2D eigenvalue weighted by molar-refractivity contribution is 7.99. The van der Waals surface area contributed by atoms with Gasteiger partial charge in [0.05, 0.1) is 18.5 Å². The van der Waals surface area contributed by atoms with Crippen LogP contribution in [0.15, 0.2) is 41.7 Å². The molecule has 0 saturated heterocycles. The maximum absolute atomic E-state index is 5.88. The lowest BCUT2D eigenvalue weighted by Crippen LogP contribution is -1.94. The van der Waals surface area contributed by atoms with Gasteiger partial charge in [-0.2, -0.15) is 0 Å². The van der Waals surface area contributed by atoms with Gasteiger partial charge in [0, 0.05) is 30.2 Å². The van der Waals surface area contributed by atoms with Crippen LogP contribution < -0.4 is 4.74 Å². The molecule has 0 amide bonds. The lowest BCUT2D eigenvalue weighted by Gasteiger charge is -2.09. The highest BCUT2D eigenvalue weighted by atomic mass is 32.2. The van der Waals surface area contributed by atoms with Gasteiger partial charge in [0.1, 0.15) is 11.5 Å². The van der Waals surface area contributed by atoms with Crippen LogP contribution in [0.5, 0.6) is 11.5 Å². The van der Waals surface area contributed by atoms with E-state index in [4.69, 9.17) is 9.47 Å². The molecule has 106 valence electrons. The minimum absolute atomic E-state index is 0.721. The summed E-state index contributed by atoms with van der Waals surface area (Å²) in [5.41, 5.74) is 0.949. The van der Waals surface area contributed by atoms with Crippen molar-refractivity contribution in [3.8, 4) is 11.5 Å². The second-order valence-electron chi connectivity index (χ2n) is 4.10. The molecule has 2 rings (SSSR count). The van der Waals surface area contributed by atoms with Crippen LogP contribution in [0.25, 0.3) is 0 Å². The second kappa shape index (κ2) is 7.87. The van der Waals surface area contributed by atoms with Gasteiger partial charge in [-0.15, -0.1) is 11.8 Å². The number of rotatable bonds is 7. The molecule has 0 unspecified atom stereocenters. The summed E-state index contributed by atoms with van der Waals surface area (Å²) < 4.78 is 10.9. The first-order valence-electron chi connectivity index (χ1n) is 6.52. The van der Waals surface area contributed by atoms with E-state index in [-0.39, 0.29) is 0 Å². The molecule has 0 aliphatic carbocycles. The Morgan fingerprint density at radius 1 is 1.30 bits per heavy atom. The summed E-state index contributed by atoms with van der Waals surface area (Å²) in [5.74, 6) is 2.42. The van der Waals surface area contributed by atoms with Crippen LogP contribution in [-0.4, -0.2) is 29.4 Å². The highest BCUT2D eigenvalue weighted by Gasteiger charge is 2.05. The number of pyridine rings is 2. The molecule has 20 heavy (non-hydrogen) atoms. The van der Waals surface area contributed by atoms with E-state index >= 15 is 0 Å². The molecular formula is C15H18N2O2S. The fraction of sp³-hybridized carbons (Fsp3) is 0.333. The molecule has 0 aliphatic rings. The molecule has 0 radical (unpaired) electrons. The van der Waals surface area contributed by atoms with E-state index in [0.29, 0.717) is 0 Å². The van der Waals surface area contributed by atoms with Crippen LogP contribution in [0.4, 0.5) is 0 Å². The maximum atomic E-state index is 5.88. The third-order valence-corrected chi connectivity index (χ3v) is 3.58. The van der Waals surface area contributed by atoms with Crippen molar-refractivity contribution in [2.75, 3.05) is 19.5 Å². The number of aromatic nitrogens is 2. The van der Waals surface area contributed by atoms with Gasteiger partial charge in [-0.3, -0.25) is 9.97 Å². The first kappa shape index (κ1) is 14.8. The Labute approximate surface area is 123 Å². The zero-order valence-corrected chi connectivity index (χ0v) is 12.5. The fourth-order valence-electron chi connectivity index (χ4n) is 1.69. The minimum atomic E-state index is 0.721. The predicted octanol–water partition coefficient (Wildman–Crippen LogP) is 3.57. The van der Waals surface area contributed by atoms with Gasteiger partial charge in [0.25, 0.3) is 0 Å². The number of thioether (sulfide) groups is 1. The van der Waals surface area contributed by atoms with Crippen molar-refractivity contribution in [1.82, 2.24) is 9.97 Å². The summed E-state index contributed by atoms with van der Waals surface area (Å²) >= 11 is 1.70. The highest BCUT2D eigenvalue weighted by Crippen LogP contribution is 2.27. The van der Waals surface area contributed by atoms with E-state index in [1.54, 1.807) is 31.3 Å². The van der Waals surface area contributed by atoms with Crippen molar-refractivity contribution >= 4 is 11.8 Å². The lowest BCUT2D eigenvalue weighted by molar-refractivity contribution is 0.218. The third-order valence-electron chi connectivity index (χ3n) is 2.66. The first-order chi connectivity index (χ1) is 9.83. The van der Waals surface area contributed by atoms with Crippen molar-refractivity contribution in [2.45, 2.75) is 18.2 Å². The van der Waals surface area contributed by atoms with E-state index in [0.717, 1.165) is 40.9 Å². The van der Waals surface area contributed by atoms with Crippen LogP contribution in [0, 0.1) is 0 Å². The van der Waals surface area contributed by atoms with Gasteiger partial charge in [-0.1, -0.05) is 6.92 Å². The average Bonchev–Trinajstić information content (AvgIpc) is 2.48. The Kier molecular flexibility index (Phi) is 5.83. The monoisotopic (exact) mass is 290 g/mol. The summed E-state index contributed by atoms with van der Waals surface area (Å²) in [6, 6.07) is 5.79. The first-order valence-corrected chi connectivity index (χ1v) is 7.50. The molecule has 0 bridgehead atoms. The van der Waals surface area contributed by atoms with Crippen molar-refractivity contribution in [2.24, 2.45) is 0 Å². The quantitative estimate of drug-likeness (QED) is 0.576. The molecule has 5 heteroatoms. The zero-order chi connectivity index (χ0) is 14.2. The van der Waals surface area contributed by atoms with Gasteiger partial charge in [0.2, 0.25) is 0 Å². The summed E-state index contributed by atoms with van der Waals surface area (Å²) in [5, 5.41) is 0. The largest absolute Gasteiger partial charge is 0.454 e. The predicted molar refractivity (Wildman–Crippen MR) is 80.5 cm³/mol. The van der Waals surface area contributed by atoms with Gasteiger partial charge >= 0.3 is 0 Å². The topological polar surface area (TPSA) is 44.2 Å². The Balaban J connectivity index is 2.07. The number of hydrogen-bond donors (Lipinski definition) is 0. The molecular weight excluding hydrogens is 272 g/mol. The number of methoxy groups -OCH3 is 1. The Morgan fingerprint density at radius 3 is 3.00 bits per heavy atom. The Hall–Kier alpha value is -1.59. The summed E-state index contributed by atoms with van der Waals surface area (Å²) in [7, 11) is 1.70. The van der Waals surface area contributed by atoms with Crippen LogP contribution in [0.3, 0.4) is 0 Å². The van der Waals surface area contributed by atoms with Crippen LogP contribution in [-0.2, 0) is 11.2 Å². The fourth-order valence-corrected chi connectivity index (χ4v) is 2.51. The van der Waals surface area contributed by atoms with E-state index in [1.807, 2.05) is 24.4 Å². The van der Waals surface area contributed by atoms with Gasteiger partial charge in [-0.05, 0) is 24.6 Å². The van der Waals surface area contributed by atoms with Gasteiger partial charge in [0.15, 0.2) is 0 Å². The maximum Gasteiger partial charge on any atom is 0.148 e. The van der Waals surface area contributed by atoms with Crippen LogP contribution in [0.2, 0.25) is 0 Å². The Bertz CT molecular complexity index is 549. The van der Waals surface area contributed by atoms with Crippen LogP contribution in [0.1, 0.15) is 12.6 Å². The molecule has 0 aliphatic heterocycles. The summed E-state index contributed by atoms with van der Waals surface area (Å²) in [6.07, 6.45) is 6.16. The second-order valence-corrected chi connectivity index (χ2v) is 5.27. The van der Waals surface area contributed by atoms with Crippen molar-refractivity contribution < 1.29 is 9.47 Å². The normalized spacial score (nSPS) is 10.5. The molecule has 0 fully saturated rings. The molecule has 2 aromatic heterocycles. The number of ether oxygens (including phenoxy) is 2. The number of hydrogen-bond acceptors (Lipinski definition) is 5. The van der Waals surface area contributed by atoms with Crippen molar-refractivity contribution in [3.63, 3.8) is 0 Å². The molecule has 0 spiro atoms. The molecule has 4 nitrogen and oxygen atoms in total. The van der Waals surface area contributed by atoms with Crippen LogP contribution >= 0.6 is 11.8 Å². The molecule has 2 heterocycles. The molecule has 0 N–H and O–H groups in total. The van der Waals surface area contributed by atoms with Crippen molar-refractivity contribution in [1.29, 1.82) is 0 Å².